The first kappa shape index (κ1) is 11.5. The number of hydrogen-bond donors (Lipinski definition) is 2. The number of benzene rings is 1. The molecule has 0 aliphatic heterocycles. The van der Waals surface area contributed by atoms with Gasteiger partial charge in [-0.1, -0.05) is 18.2 Å². The molecular formula is C10H15NO2. The largest absolute Gasteiger partial charge is 0.508 e. The average Bonchev–Trinajstić information content (AvgIpc) is 2.06. The molecule has 13 heavy (non-hydrogen) atoms. The van der Waals surface area contributed by atoms with E-state index in [1.807, 2.05) is 13.0 Å². The fraction of sp³-hybridized carbons (Fsp3) is 0.300. The Morgan fingerprint density at radius 2 is 1.92 bits per heavy atom. The molecule has 0 radical (unpaired) electrons. The van der Waals surface area contributed by atoms with E-state index < -0.39 is 0 Å². The van der Waals surface area contributed by atoms with E-state index >= 15 is 0 Å². The van der Waals surface area contributed by atoms with Crippen LogP contribution < -0.4 is 5.32 Å². The molecule has 1 aromatic carbocycles. The molecular weight excluding hydrogens is 166 g/mol. The standard InChI is InChI=1S/C6H6O.C4H9NO/c7-6-4-2-1-3-5-6;1-3-5-4(2)6/h1-5,7H;3H2,1-2H3,(H,5,6). The molecule has 3 heteroatoms. The number of para-hydroxylation sites is 1. The Hall–Kier alpha value is -1.51. The van der Waals surface area contributed by atoms with E-state index in [4.69, 9.17) is 5.11 Å². The van der Waals surface area contributed by atoms with E-state index in [-0.39, 0.29) is 5.91 Å². The monoisotopic (exact) mass is 181 g/mol. The second-order valence-electron chi connectivity index (χ2n) is 2.42. The van der Waals surface area contributed by atoms with Crippen molar-refractivity contribution < 1.29 is 9.90 Å². The van der Waals surface area contributed by atoms with E-state index in [9.17, 15) is 4.79 Å². The van der Waals surface area contributed by atoms with Crippen molar-refractivity contribution in [1.29, 1.82) is 0 Å². The van der Waals surface area contributed by atoms with Crippen molar-refractivity contribution in [1.82, 2.24) is 5.32 Å². The highest BCUT2D eigenvalue weighted by molar-refractivity contribution is 5.72. The van der Waals surface area contributed by atoms with Gasteiger partial charge in [0.1, 0.15) is 5.75 Å². The molecule has 0 bridgehead atoms. The van der Waals surface area contributed by atoms with E-state index in [2.05, 4.69) is 5.32 Å². The zero-order chi connectivity index (χ0) is 10.1. The maximum atomic E-state index is 9.93. The third-order valence-electron chi connectivity index (χ3n) is 1.18. The first-order valence-corrected chi connectivity index (χ1v) is 4.15. The molecule has 1 aromatic rings. The number of carbonyl (C=O) groups excluding carboxylic acids is 1. The molecule has 2 N–H and O–H groups in total. The van der Waals surface area contributed by atoms with Gasteiger partial charge in [0.05, 0.1) is 0 Å². The number of aromatic hydroxyl groups is 1. The van der Waals surface area contributed by atoms with Crippen molar-refractivity contribution >= 4 is 5.91 Å². The van der Waals surface area contributed by atoms with Crippen molar-refractivity contribution in [2.24, 2.45) is 0 Å². The van der Waals surface area contributed by atoms with Gasteiger partial charge in [-0.25, -0.2) is 0 Å². The van der Waals surface area contributed by atoms with Crippen LogP contribution in [0.15, 0.2) is 30.3 Å². The summed E-state index contributed by atoms with van der Waals surface area (Å²) in [5.41, 5.74) is 0. The molecule has 72 valence electrons. The lowest BCUT2D eigenvalue weighted by Gasteiger charge is -1.88. The fourth-order valence-electron chi connectivity index (χ4n) is 0.677. The third kappa shape index (κ3) is 8.40. The van der Waals surface area contributed by atoms with Crippen molar-refractivity contribution in [3.8, 4) is 5.75 Å². The average molecular weight is 181 g/mol. The smallest absolute Gasteiger partial charge is 0.216 e. The lowest BCUT2D eigenvalue weighted by Crippen LogP contribution is -2.18. The zero-order valence-corrected chi connectivity index (χ0v) is 7.95. The van der Waals surface area contributed by atoms with Crippen LogP contribution in [-0.4, -0.2) is 17.6 Å². The van der Waals surface area contributed by atoms with Crippen LogP contribution in [0.25, 0.3) is 0 Å². The number of nitrogens with one attached hydrogen (secondary N) is 1. The molecule has 1 rings (SSSR count). The van der Waals surface area contributed by atoms with Crippen LogP contribution in [0.2, 0.25) is 0 Å². The Bertz CT molecular complexity index is 234. The summed E-state index contributed by atoms with van der Waals surface area (Å²) in [4.78, 5) is 9.93. The van der Waals surface area contributed by atoms with Crippen LogP contribution in [0.3, 0.4) is 0 Å². The number of amides is 1. The summed E-state index contributed by atoms with van der Waals surface area (Å²) < 4.78 is 0. The molecule has 0 saturated carbocycles. The lowest BCUT2D eigenvalue weighted by molar-refractivity contribution is -0.118. The molecule has 0 saturated heterocycles. The molecule has 0 spiro atoms. The highest BCUT2D eigenvalue weighted by Crippen LogP contribution is 2.02. The first-order valence-electron chi connectivity index (χ1n) is 4.15. The topological polar surface area (TPSA) is 49.3 Å². The van der Waals surface area contributed by atoms with Gasteiger partial charge in [0.15, 0.2) is 0 Å². The maximum absolute atomic E-state index is 9.93. The van der Waals surface area contributed by atoms with Crippen LogP contribution >= 0.6 is 0 Å². The number of phenolic OH excluding ortho intramolecular Hbond substituents is 1. The van der Waals surface area contributed by atoms with Gasteiger partial charge in [-0.15, -0.1) is 0 Å². The Morgan fingerprint density at radius 1 is 1.38 bits per heavy atom. The van der Waals surface area contributed by atoms with Crippen molar-refractivity contribution in [2.75, 3.05) is 6.54 Å². The fourth-order valence-corrected chi connectivity index (χ4v) is 0.677. The van der Waals surface area contributed by atoms with E-state index in [1.54, 1.807) is 24.3 Å². The van der Waals surface area contributed by atoms with Crippen LogP contribution in [0.4, 0.5) is 0 Å². The van der Waals surface area contributed by atoms with Gasteiger partial charge in [-0.3, -0.25) is 4.79 Å². The Morgan fingerprint density at radius 3 is 2.08 bits per heavy atom. The Balaban J connectivity index is 0.000000226. The SMILES string of the molecule is CCNC(C)=O.Oc1ccccc1. The van der Waals surface area contributed by atoms with E-state index in [0.717, 1.165) is 6.54 Å². The molecule has 0 fully saturated rings. The normalized spacial score (nSPS) is 8.15. The van der Waals surface area contributed by atoms with Gasteiger partial charge >= 0.3 is 0 Å². The lowest BCUT2D eigenvalue weighted by atomic mass is 10.3. The highest BCUT2D eigenvalue weighted by atomic mass is 16.3. The Labute approximate surface area is 78.4 Å². The van der Waals surface area contributed by atoms with Gasteiger partial charge in [-0.05, 0) is 19.1 Å². The number of hydrogen-bond acceptors (Lipinski definition) is 2. The van der Waals surface area contributed by atoms with Crippen molar-refractivity contribution in [2.45, 2.75) is 13.8 Å². The molecule has 0 atom stereocenters. The summed E-state index contributed by atoms with van der Waals surface area (Å²) in [5, 5.41) is 11.2. The molecule has 0 aliphatic carbocycles. The Kier molecular flexibility index (Phi) is 6.32. The number of phenols is 1. The second kappa shape index (κ2) is 7.16. The van der Waals surface area contributed by atoms with Crippen molar-refractivity contribution in [3.63, 3.8) is 0 Å². The van der Waals surface area contributed by atoms with Gasteiger partial charge in [0, 0.05) is 13.5 Å². The molecule has 3 nitrogen and oxygen atoms in total. The number of rotatable bonds is 1. The second-order valence-corrected chi connectivity index (χ2v) is 2.42. The highest BCUT2D eigenvalue weighted by Gasteiger charge is 1.79. The summed E-state index contributed by atoms with van der Waals surface area (Å²) >= 11 is 0. The van der Waals surface area contributed by atoms with Crippen LogP contribution in [0, 0.1) is 0 Å². The minimum atomic E-state index is 0.0394. The summed E-state index contributed by atoms with van der Waals surface area (Å²) in [5.74, 6) is 0.361. The third-order valence-corrected chi connectivity index (χ3v) is 1.18. The minimum Gasteiger partial charge on any atom is -0.508 e. The molecule has 0 heterocycles. The summed E-state index contributed by atoms with van der Waals surface area (Å²) in [6.45, 7) is 4.13. The predicted octanol–water partition coefficient (Wildman–Crippen LogP) is 1.53. The van der Waals surface area contributed by atoms with Crippen LogP contribution in [0.5, 0.6) is 5.75 Å². The van der Waals surface area contributed by atoms with Gasteiger partial charge in [0.2, 0.25) is 5.91 Å². The van der Waals surface area contributed by atoms with E-state index in [0.29, 0.717) is 5.75 Å². The molecule has 1 amide bonds. The van der Waals surface area contributed by atoms with Gasteiger partial charge in [-0.2, -0.15) is 0 Å². The summed E-state index contributed by atoms with van der Waals surface area (Å²) in [6, 6.07) is 8.71. The number of carbonyl (C=O) groups is 1. The summed E-state index contributed by atoms with van der Waals surface area (Å²) in [7, 11) is 0. The predicted molar refractivity (Wildman–Crippen MR) is 52.5 cm³/mol. The van der Waals surface area contributed by atoms with Gasteiger partial charge < -0.3 is 10.4 Å². The first-order chi connectivity index (χ1) is 6.16. The van der Waals surface area contributed by atoms with Gasteiger partial charge in [0.25, 0.3) is 0 Å². The van der Waals surface area contributed by atoms with Crippen LogP contribution in [-0.2, 0) is 4.79 Å². The quantitative estimate of drug-likeness (QED) is 0.690. The molecule has 0 aromatic heterocycles. The van der Waals surface area contributed by atoms with E-state index in [1.165, 1.54) is 6.92 Å². The molecule has 0 aliphatic rings. The minimum absolute atomic E-state index is 0.0394. The van der Waals surface area contributed by atoms with Crippen LogP contribution in [0.1, 0.15) is 13.8 Å². The maximum Gasteiger partial charge on any atom is 0.216 e. The van der Waals surface area contributed by atoms with Crippen molar-refractivity contribution in [3.05, 3.63) is 30.3 Å². The zero-order valence-electron chi connectivity index (χ0n) is 7.95. The summed E-state index contributed by atoms with van der Waals surface area (Å²) in [6.07, 6.45) is 0. The molecule has 0 unspecified atom stereocenters.